The van der Waals surface area contributed by atoms with Crippen LogP contribution in [0.5, 0.6) is 0 Å². The summed E-state index contributed by atoms with van der Waals surface area (Å²) in [6.07, 6.45) is 0. The van der Waals surface area contributed by atoms with Gasteiger partial charge >= 0.3 is 0 Å². The van der Waals surface area contributed by atoms with Gasteiger partial charge in [-0.2, -0.15) is 8.78 Å². The summed E-state index contributed by atoms with van der Waals surface area (Å²) in [6.45, 7) is 2.75. The lowest BCUT2D eigenvalue weighted by Gasteiger charge is -2.30. The first-order valence-electron chi connectivity index (χ1n) is 5.65. The van der Waals surface area contributed by atoms with E-state index in [9.17, 15) is 8.78 Å². The summed E-state index contributed by atoms with van der Waals surface area (Å²) in [6, 6.07) is 6.26. The van der Waals surface area contributed by atoms with Crippen LogP contribution < -0.4 is 5.32 Å². The van der Waals surface area contributed by atoms with Crippen molar-refractivity contribution in [3.63, 3.8) is 0 Å². The van der Waals surface area contributed by atoms with Gasteiger partial charge in [-0.15, -0.1) is 0 Å². The maximum atomic E-state index is 14.0. The fraction of sp³-hybridized carbons (Fsp3) is 0.500. The molecule has 2 rings (SSSR count). The number of hydrogen-bond donors (Lipinski definition) is 1. The van der Waals surface area contributed by atoms with Gasteiger partial charge in [-0.1, -0.05) is 28.1 Å². The highest BCUT2D eigenvalue weighted by molar-refractivity contribution is 9.10. The van der Waals surface area contributed by atoms with Gasteiger partial charge in [0.05, 0.1) is 6.54 Å². The average molecular weight is 305 g/mol. The second-order valence-corrected chi connectivity index (χ2v) is 5.15. The molecule has 1 aliphatic rings. The van der Waals surface area contributed by atoms with Crippen molar-refractivity contribution < 1.29 is 8.78 Å². The molecule has 0 amide bonds. The van der Waals surface area contributed by atoms with Crippen molar-refractivity contribution in [2.75, 3.05) is 32.7 Å². The van der Waals surface area contributed by atoms with Crippen LogP contribution in [0.15, 0.2) is 28.7 Å². The quantitative estimate of drug-likeness (QED) is 0.923. The van der Waals surface area contributed by atoms with Crippen molar-refractivity contribution in [3.8, 4) is 0 Å². The molecule has 1 aromatic carbocycles. The minimum atomic E-state index is -2.78. The highest BCUT2D eigenvalue weighted by Gasteiger charge is 2.34. The number of rotatable bonds is 3. The predicted molar refractivity (Wildman–Crippen MR) is 67.3 cm³/mol. The molecule has 0 bridgehead atoms. The van der Waals surface area contributed by atoms with E-state index in [4.69, 9.17) is 0 Å². The van der Waals surface area contributed by atoms with E-state index in [-0.39, 0.29) is 12.1 Å². The minimum Gasteiger partial charge on any atom is -0.314 e. The molecule has 1 fully saturated rings. The van der Waals surface area contributed by atoms with Gasteiger partial charge < -0.3 is 5.32 Å². The number of hydrogen-bond acceptors (Lipinski definition) is 2. The van der Waals surface area contributed by atoms with Crippen LogP contribution in [-0.2, 0) is 5.92 Å². The van der Waals surface area contributed by atoms with Crippen molar-refractivity contribution in [1.29, 1.82) is 0 Å². The fourth-order valence-corrected chi connectivity index (χ4v) is 2.20. The van der Waals surface area contributed by atoms with Crippen LogP contribution in [-0.4, -0.2) is 37.6 Å². The molecule has 1 heterocycles. The summed E-state index contributed by atoms with van der Waals surface area (Å²) in [5, 5.41) is 3.15. The number of nitrogens with zero attached hydrogens (tertiary/aromatic N) is 1. The second-order valence-electron chi connectivity index (χ2n) is 4.24. The molecule has 0 aromatic heterocycles. The monoisotopic (exact) mass is 304 g/mol. The maximum Gasteiger partial charge on any atom is 0.285 e. The largest absolute Gasteiger partial charge is 0.314 e. The van der Waals surface area contributed by atoms with Crippen molar-refractivity contribution >= 4 is 15.9 Å². The van der Waals surface area contributed by atoms with Gasteiger partial charge in [0.1, 0.15) is 0 Å². The SMILES string of the molecule is FC(F)(CN1CCNCC1)c1ccc(Br)cc1. The van der Waals surface area contributed by atoms with Gasteiger partial charge in [0, 0.05) is 36.2 Å². The third-order valence-electron chi connectivity index (χ3n) is 2.90. The molecule has 1 aromatic rings. The first-order chi connectivity index (χ1) is 8.08. The zero-order valence-corrected chi connectivity index (χ0v) is 11.0. The molecule has 0 radical (unpaired) electrons. The molecule has 0 atom stereocenters. The normalized spacial score (nSPS) is 18.3. The zero-order valence-electron chi connectivity index (χ0n) is 9.43. The Balaban J connectivity index is 2.04. The van der Waals surface area contributed by atoms with Crippen LogP contribution in [0.25, 0.3) is 0 Å². The molecule has 1 N–H and O–H groups in total. The Bertz CT molecular complexity index is 361. The van der Waals surface area contributed by atoms with Gasteiger partial charge in [-0.05, 0) is 12.1 Å². The van der Waals surface area contributed by atoms with Crippen LogP contribution >= 0.6 is 15.9 Å². The van der Waals surface area contributed by atoms with Gasteiger partial charge in [-0.25, -0.2) is 0 Å². The van der Waals surface area contributed by atoms with E-state index in [1.165, 1.54) is 12.1 Å². The van der Waals surface area contributed by atoms with E-state index in [0.29, 0.717) is 13.1 Å². The first-order valence-corrected chi connectivity index (χ1v) is 6.44. The second kappa shape index (κ2) is 5.42. The van der Waals surface area contributed by atoms with Gasteiger partial charge in [0.25, 0.3) is 5.92 Å². The summed E-state index contributed by atoms with van der Waals surface area (Å²) < 4.78 is 28.8. The van der Waals surface area contributed by atoms with Crippen molar-refractivity contribution in [2.24, 2.45) is 0 Å². The third kappa shape index (κ3) is 3.47. The third-order valence-corrected chi connectivity index (χ3v) is 3.43. The molecule has 0 spiro atoms. The average Bonchev–Trinajstić information content (AvgIpc) is 2.30. The molecule has 0 unspecified atom stereocenters. The lowest BCUT2D eigenvalue weighted by atomic mass is 10.1. The van der Waals surface area contributed by atoms with Crippen LogP contribution in [0.3, 0.4) is 0 Å². The molecule has 2 nitrogen and oxygen atoms in total. The van der Waals surface area contributed by atoms with Crippen LogP contribution in [0.1, 0.15) is 5.56 Å². The van der Waals surface area contributed by atoms with Crippen LogP contribution in [0.4, 0.5) is 8.78 Å². The Morgan fingerprint density at radius 2 is 1.76 bits per heavy atom. The number of nitrogens with one attached hydrogen (secondary N) is 1. The Morgan fingerprint density at radius 1 is 1.18 bits per heavy atom. The molecule has 0 saturated carbocycles. The topological polar surface area (TPSA) is 15.3 Å². The summed E-state index contributed by atoms with van der Waals surface area (Å²) >= 11 is 3.25. The molecule has 17 heavy (non-hydrogen) atoms. The van der Waals surface area contributed by atoms with E-state index < -0.39 is 5.92 Å². The van der Waals surface area contributed by atoms with E-state index >= 15 is 0 Å². The van der Waals surface area contributed by atoms with Crippen LogP contribution in [0, 0.1) is 0 Å². The molecule has 1 aliphatic heterocycles. The first kappa shape index (κ1) is 12.9. The van der Waals surface area contributed by atoms with E-state index in [1.54, 1.807) is 17.0 Å². The molecule has 0 aliphatic carbocycles. The van der Waals surface area contributed by atoms with Gasteiger partial charge in [0.15, 0.2) is 0 Å². The lowest BCUT2D eigenvalue weighted by Crippen LogP contribution is -2.47. The van der Waals surface area contributed by atoms with Gasteiger partial charge in [0.2, 0.25) is 0 Å². The standard InChI is InChI=1S/C12H15BrF2N2/c13-11-3-1-10(2-4-11)12(14,15)9-17-7-5-16-6-8-17/h1-4,16H,5-9H2. The Kier molecular flexibility index (Phi) is 4.12. The summed E-state index contributed by atoms with van der Waals surface area (Å²) in [5.41, 5.74) is 0.0826. The summed E-state index contributed by atoms with van der Waals surface area (Å²) in [4.78, 5) is 1.80. The summed E-state index contributed by atoms with van der Waals surface area (Å²) in [7, 11) is 0. The van der Waals surface area contributed by atoms with Crippen molar-refractivity contribution in [2.45, 2.75) is 5.92 Å². The molecule has 5 heteroatoms. The number of piperazine rings is 1. The maximum absolute atomic E-state index is 14.0. The molecular formula is C12H15BrF2N2. The van der Waals surface area contributed by atoms with E-state index in [0.717, 1.165) is 17.6 Å². The van der Waals surface area contributed by atoms with Crippen LogP contribution in [0.2, 0.25) is 0 Å². The summed E-state index contributed by atoms with van der Waals surface area (Å²) in [5.74, 6) is -2.78. The Morgan fingerprint density at radius 3 is 2.35 bits per heavy atom. The number of alkyl halides is 2. The van der Waals surface area contributed by atoms with E-state index in [1.807, 2.05) is 0 Å². The molecule has 1 saturated heterocycles. The number of benzene rings is 1. The van der Waals surface area contributed by atoms with E-state index in [2.05, 4.69) is 21.2 Å². The lowest BCUT2D eigenvalue weighted by molar-refractivity contribution is -0.0400. The highest BCUT2D eigenvalue weighted by atomic mass is 79.9. The minimum absolute atomic E-state index is 0.0826. The predicted octanol–water partition coefficient (Wildman–Crippen LogP) is 2.45. The highest BCUT2D eigenvalue weighted by Crippen LogP contribution is 2.29. The number of halogens is 3. The Labute approximate surface area is 108 Å². The smallest absolute Gasteiger partial charge is 0.285 e. The van der Waals surface area contributed by atoms with Crippen molar-refractivity contribution in [1.82, 2.24) is 10.2 Å². The zero-order chi connectivity index (χ0) is 12.3. The fourth-order valence-electron chi connectivity index (χ4n) is 1.94. The molecular weight excluding hydrogens is 290 g/mol. The van der Waals surface area contributed by atoms with Crippen molar-refractivity contribution in [3.05, 3.63) is 34.3 Å². The Hall–Kier alpha value is -0.520. The molecule has 94 valence electrons. The van der Waals surface area contributed by atoms with Gasteiger partial charge in [-0.3, -0.25) is 4.90 Å².